The summed E-state index contributed by atoms with van der Waals surface area (Å²) in [5, 5.41) is 7.85. The fourth-order valence-corrected chi connectivity index (χ4v) is 6.12. The number of nitrogens with zero attached hydrogens (tertiary/aromatic N) is 6. The number of anilines is 2. The first kappa shape index (κ1) is 40.8. The Labute approximate surface area is 302 Å². The first-order chi connectivity index (χ1) is 24.8. The smallest absolute Gasteiger partial charge is 0.124 e. The molecule has 2 aliphatic heterocycles. The molecule has 0 N–H and O–H groups in total. The molecule has 2 aliphatic rings. The third-order valence-electron chi connectivity index (χ3n) is 8.90. The second-order valence-corrected chi connectivity index (χ2v) is 12.2. The highest BCUT2D eigenvalue weighted by atomic mass is 16.5. The monoisotopic (exact) mass is 689 g/mol. The first-order valence-electron chi connectivity index (χ1n) is 19.2. The third-order valence-corrected chi connectivity index (χ3v) is 8.90. The van der Waals surface area contributed by atoms with Gasteiger partial charge in [-0.25, -0.2) is 0 Å². The Morgan fingerprint density at radius 3 is 1.44 bits per heavy atom. The van der Waals surface area contributed by atoms with Crippen molar-refractivity contribution in [3.05, 3.63) is 96.7 Å². The molecule has 50 heavy (non-hydrogen) atoms. The van der Waals surface area contributed by atoms with Crippen LogP contribution in [0.3, 0.4) is 0 Å². The van der Waals surface area contributed by atoms with Crippen LogP contribution in [0.1, 0.15) is 71.2 Å². The zero-order chi connectivity index (χ0) is 35.5. The van der Waals surface area contributed by atoms with E-state index in [1.807, 2.05) is 39.8 Å². The number of piperazine rings is 2. The van der Waals surface area contributed by atoms with Crippen molar-refractivity contribution in [2.24, 2.45) is 0 Å². The Kier molecular flexibility index (Phi) is 21.4. The van der Waals surface area contributed by atoms with Crippen molar-refractivity contribution >= 4 is 11.4 Å². The molecule has 9 nitrogen and oxygen atoms in total. The van der Waals surface area contributed by atoms with Crippen molar-refractivity contribution in [2.45, 2.75) is 72.6 Å². The predicted molar refractivity (Wildman–Crippen MR) is 207 cm³/mol. The summed E-state index contributed by atoms with van der Waals surface area (Å²) in [6, 6.07) is 25.3. The standard InChI is InChI=1S/C19H27N3O.C18H25N3O2.2C2H6/c1(4-8-18-11-17-23-20-18)2-7-12-21-13-15-22(16-14-21)19-9-5-3-6-10-19;1-2-6-18(7-3-1)21-11-9-20(10-12-21)13-16-22-14-4-5-17-8-15-23-19-17;2*1-2/h3,5-6,9-11,17H,1-2,4,7-8,12-16H2;1-3,6-8,15H,4-5,9-14,16H2;2*1-2H3. The number of aryl methyl sites for hydroxylation is 2. The Hall–Kier alpha value is -3.66. The Morgan fingerprint density at radius 2 is 0.960 bits per heavy atom. The highest BCUT2D eigenvalue weighted by Gasteiger charge is 2.17. The normalized spacial score (nSPS) is 14.9. The average molecular weight is 689 g/mol. The van der Waals surface area contributed by atoms with Gasteiger partial charge in [0.25, 0.3) is 0 Å². The molecule has 2 saturated heterocycles. The Bertz CT molecular complexity index is 1170. The second-order valence-electron chi connectivity index (χ2n) is 12.2. The van der Waals surface area contributed by atoms with Gasteiger partial charge >= 0.3 is 0 Å². The maximum absolute atomic E-state index is 5.73. The fraction of sp³-hybridized carbons (Fsp3) is 0.561. The van der Waals surface area contributed by atoms with Gasteiger partial charge in [-0.3, -0.25) is 9.80 Å². The largest absolute Gasteiger partial charge is 0.380 e. The molecular weight excluding hydrogens is 624 g/mol. The van der Waals surface area contributed by atoms with E-state index >= 15 is 0 Å². The van der Waals surface area contributed by atoms with Crippen LogP contribution in [0.5, 0.6) is 0 Å². The molecule has 2 aromatic carbocycles. The zero-order valence-corrected chi connectivity index (χ0v) is 31.4. The molecule has 4 heterocycles. The van der Waals surface area contributed by atoms with E-state index < -0.39 is 0 Å². The molecule has 0 bridgehead atoms. The number of unbranched alkanes of at least 4 members (excludes halogenated alkanes) is 3. The number of para-hydroxylation sites is 2. The maximum Gasteiger partial charge on any atom is 0.124 e. The maximum atomic E-state index is 5.73. The van der Waals surface area contributed by atoms with Crippen LogP contribution in [0.25, 0.3) is 0 Å². The third kappa shape index (κ3) is 15.9. The van der Waals surface area contributed by atoms with Crippen LogP contribution in [0.4, 0.5) is 11.4 Å². The van der Waals surface area contributed by atoms with Gasteiger partial charge in [0.2, 0.25) is 0 Å². The molecule has 0 radical (unpaired) electrons. The number of aromatic nitrogens is 2. The van der Waals surface area contributed by atoms with Gasteiger partial charge in [0.1, 0.15) is 12.5 Å². The molecule has 6 rings (SSSR count). The molecule has 9 heteroatoms. The van der Waals surface area contributed by atoms with E-state index in [-0.39, 0.29) is 0 Å². The minimum absolute atomic E-state index is 0.789. The van der Waals surface area contributed by atoms with E-state index in [4.69, 9.17) is 13.8 Å². The first-order valence-corrected chi connectivity index (χ1v) is 19.2. The summed E-state index contributed by atoms with van der Waals surface area (Å²) >= 11 is 0. The number of ether oxygens (including phenoxy) is 1. The van der Waals surface area contributed by atoms with Crippen molar-refractivity contribution in [3.8, 4) is 0 Å². The number of hydrogen-bond donors (Lipinski definition) is 0. The highest BCUT2D eigenvalue weighted by Crippen LogP contribution is 2.17. The van der Waals surface area contributed by atoms with Crippen molar-refractivity contribution in [1.29, 1.82) is 0 Å². The molecule has 4 aromatic rings. The van der Waals surface area contributed by atoms with Crippen LogP contribution in [-0.2, 0) is 17.6 Å². The van der Waals surface area contributed by atoms with E-state index in [0.29, 0.717) is 0 Å². The van der Waals surface area contributed by atoms with Gasteiger partial charge in [-0.15, -0.1) is 0 Å². The molecule has 276 valence electrons. The van der Waals surface area contributed by atoms with Gasteiger partial charge in [0, 0.05) is 89.0 Å². The van der Waals surface area contributed by atoms with Crippen LogP contribution in [0.15, 0.2) is 94.4 Å². The summed E-state index contributed by atoms with van der Waals surface area (Å²) < 4.78 is 15.4. The van der Waals surface area contributed by atoms with Crippen LogP contribution >= 0.6 is 0 Å². The molecule has 0 aliphatic carbocycles. The van der Waals surface area contributed by atoms with Gasteiger partial charge in [0.05, 0.1) is 18.0 Å². The fourth-order valence-electron chi connectivity index (χ4n) is 6.12. The molecule has 2 aromatic heterocycles. The summed E-state index contributed by atoms with van der Waals surface area (Å²) in [6.45, 7) is 20.9. The van der Waals surface area contributed by atoms with Crippen molar-refractivity contribution < 1.29 is 13.8 Å². The topological polar surface area (TPSA) is 74.3 Å². The van der Waals surface area contributed by atoms with Gasteiger partial charge in [0.15, 0.2) is 0 Å². The van der Waals surface area contributed by atoms with Gasteiger partial charge in [-0.05, 0) is 62.9 Å². The zero-order valence-electron chi connectivity index (χ0n) is 31.4. The molecule has 0 atom stereocenters. The average Bonchev–Trinajstić information content (AvgIpc) is 3.93. The minimum atomic E-state index is 0.789. The van der Waals surface area contributed by atoms with E-state index in [1.54, 1.807) is 12.5 Å². The molecule has 0 spiro atoms. The van der Waals surface area contributed by atoms with Crippen molar-refractivity contribution in [3.63, 3.8) is 0 Å². The summed E-state index contributed by atoms with van der Waals surface area (Å²) in [5.74, 6) is 0. The SMILES string of the molecule is CC.CC.c1ccc(N2CCN(CCCCCCc3ccon3)CC2)cc1.c1ccc(N2CCN(CCOCCCc3ccon3)CC2)cc1. The van der Waals surface area contributed by atoms with Crippen molar-refractivity contribution in [2.75, 3.05) is 88.5 Å². The highest BCUT2D eigenvalue weighted by molar-refractivity contribution is 5.47. The van der Waals surface area contributed by atoms with Crippen molar-refractivity contribution in [1.82, 2.24) is 20.1 Å². The summed E-state index contributed by atoms with van der Waals surface area (Å²) in [5.41, 5.74) is 4.78. The lowest BCUT2D eigenvalue weighted by Gasteiger charge is -2.36. The van der Waals surface area contributed by atoms with Crippen LogP contribution in [-0.4, -0.2) is 98.8 Å². The molecule has 0 saturated carbocycles. The van der Waals surface area contributed by atoms with Gasteiger partial charge in [-0.1, -0.05) is 87.2 Å². The summed E-state index contributed by atoms with van der Waals surface area (Å²) in [4.78, 5) is 10.0. The summed E-state index contributed by atoms with van der Waals surface area (Å²) in [7, 11) is 0. The molecule has 0 amide bonds. The molecule has 0 unspecified atom stereocenters. The number of rotatable bonds is 16. The van der Waals surface area contributed by atoms with E-state index in [2.05, 4.69) is 90.6 Å². The van der Waals surface area contributed by atoms with Crippen LogP contribution < -0.4 is 9.80 Å². The lowest BCUT2D eigenvalue weighted by Crippen LogP contribution is -2.47. The van der Waals surface area contributed by atoms with E-state index in [1.165, 1.54) is 56.7 Å². The lowest BCUT2D eigenvalue weighted by molar-refractivity contribution is 0.0997. The van der Waals surface area contributed by atoms with Gasteiger partial charge < -0.3 is 23.6 Å². The quantitative estimate of drug-likeness (QED) is 0.109. The number of benzene rings is 2. The second kappa shape index (κ2) is 26.2. The van der Waals surface area contributed by atoms with E-state index in [0.717, 1.165) is 89.7 Å². The molecule has 2 fully saturated rings. The van der Waals surface area contributed by atoms with Crippen LogP contribution in [0, 0.1) is 0 Å². The van der Waals surface area contributed by atoms with Crippen LogP contribution in [0.2, 0.25) is 0 Å². The van der Waals surface area contributed by atoms with E-state index in [9.17, 15) is 0 Å². The predicted octanol–water partition coefficient (Wildman–Crippen LogP) is 8.10. The molecular formula is C41H64N6O3. The lowest BCUT2D eigenvalue weighted by atomic mass is 10.1. The Balaban J connectivity index is 0.000000246. The van der Waals surface area contributed by atoms with Gasteiger partial charge in [-0.2, -0.15) is 0 Å². The Morgan fingerprint density at radius 1 is 0.500 bits per heavy atom. The summed E-state index contributed by atoms with van der Waals surface area (Å²) in [6.07, 6.45) is 11.4. The number of hydrogen-bond acceptors (Lipinski definition) is 9. The minimum Gasteiger partial charge on any atom is -0.380 e.